The van der Waals surface area contributed by atoms with Gasteiger partial charge in [0.1, 0.15) is 12.2 Å². The summed E-state index contributed by atoms with van der Waals surface area (Å²) in [5.74, 6) is 1.08. The standard InChI is InChI=1S/C19H29N5/c1-16(2)24-19(20-15-21-24)14-22-10-9-17(3)23(12-11-22)13-18-7-5-4-6-8-18/h4-8,15-17H,9-14H2,1-3H3/t17-/m1/s1. The molecule has 3 rings (SSSR count). The third-order valence-electron chi connectivity index (χ3n) is 4.92. The second kappa shape index (κ2) is 7.90. The zero-order valence-corrected chi connectivity index (χ0v) is 15.1. The van der Waals surface area contributed by atoms with Crippen molar-refractivity contribution in [1.82, 2.24) is 24.6 Å². The van der Waals surface area contributed by atoms with Crippen LogP contribution in [0.25, 0.3) is 0 Å². The summed E-state index contributed by atoms with van der Waals surface area (Å²) in [5, 5.41) is 4.36. The van der Waals surface area contributed by atoms with Crippen molar-refractivity contribution in [3.63, 3.8) is 0 Å². The van der Waals surface area contributed by atoms with Crippen LogP contribution in [0.3, 0.4) is 0 Å². The molecule has 130 valence electrons. The van der Waals surface area contributed by atoms with Crippen molar-refractivity contribution in [2.45, 2.75) is 52.4 Å². The summed E-state index contributed by atoms with van der Waals surface area (Å²) in [6.45, 7) is 11.9. The Labute approximate surface area is 145 Å². The molecule has 5 heteroatoms. The molecular formula is C19H29N5. The molecule has 1 aliphatic rings. The Morgan fingerprint density at radius 3 is 2.62 bits per heavy atom. The summed E-state index contributed by atoms with van der Waals surface area (Å²) >= 11 is 0. The highest BCUT2D eigenvalue weighted by Gasteiger charge is 2.22. The summed E-state index contributed by atoms with van der Waals surface area (Å²) in [5.41, 5.74) is 1.40. The lowest BCUT2D eigenvalue weighted by Crippen LogP contribution is -2.34. The molecular weight excluding hydrogens is 298 g/mol. The predicted molar refractivity (Wildman–Crippen MR) is 96.6 cm³/mol. The first-order valence-electron chi connectivity index (χ1n) is 9.02. The van der Waals surface area contributed by atoms with Crippen LogP contribution in [0.1, 0.15) is 44.6 Å². The minimum Gasteiger partial charge on any atom is -0.295 e. The lowest BCUT2D eigenvalue weighted by atomic mass is 10.1. The van der Waals surface area contributed by atoms with Crippen molar-refractivity contribution in [2.24, 2.45) is 0 Å². The van der Waals surface area contributed by atoms with Crippen molar-refractivity contribution in [2.75, 3.05) is 19.6 Å². The zero-order chi connectivity index (χ0) is 16.9. The quantitative estimate of drug-likeness (QED) is 0.846. The second-order valence-corrected chi connectivity index (χ2v) is 7.08. The van der Waals surface area contributed by atoms with Gasteiger partial charge in [-0.05, 0) is 32.8 Å². The predicted octanol–water partition coefficient (Wildman–Crippen LogP) is 2.96. The first-order valence-corrected chi connectivity index (χ1v) is 9.02. The summed E-state index contributed by atoms with van der Waals surface area (Å²) in [6.07, 6.45) is 2.88. The molecule has 2 aromatic rings. The van der Waals surface area contributed by atoms with E-state index in [1.165, 1.54) is 12.0 Å². The fraction of sp³-hybridized carbons (Fsp3) is 0.579. The summed E-state index contributed by atoms with van der Waals surface area (Å²) < 4.78 is 2.04. The Morgan fingerprint density at radius 1 is 1.08 bits per heavy atom. The highest BCUT2D eigenvalue weighted by atomic mass is 15.4. The number of nitrogens with zero attached hydrogens (tertiary/aromatic N) is 5. The van der Waals surface area contributed by atoms with E-state index in [4.69, 9.17) is 0 Å². The van der Waals surface area contributed by atoms with E-state index in [1.54, 1.807) is 6.33 Å². The lowest BCUT2D eigenvalue weighted by Gasteiger charge is -2.26. The molecule has 1 saturated heterocycles. The van der Waals surface area contributed by atoms with Crippen LogP contribution < -0.4 is 0 Å². The Kier molecular flexibility index (Phi) is 5.63. The fourth-order valence-corrected chi connectivity index (χ4v) is 3.38. The molecule has 24 heavy (non-hydrogen) atoms. The molecule has 1 aliphatic heterocycles. The van der Waals surface area contributed by atoms with E-state index < -0.39 is 0 Å². The Hall–Kier alpha value is -1.72. The average molecular weight is 327 g/mol. The van der Waals surface area contributed by atoms with Crippen LogP contribution in [-0.2, 0) is 13.1 Å². The molecule has 0 N–H and O–H groups in total. The van der Waals surface area contributed by atoms with E-state index in [2.05, 4.69) is 71.0 Å². The van der Waals surface area contributed by atoms with Gasteiger partial charge in [-0.15, -0.1) is 0 Å². The summed E-state index contributed by atoms with van der Waals surface area (Å²) in [7, 11) is 0. The number of hydrogen-bond donors (Lipinski definition) is 0. The smallest absolute Gasteiger partial charge is 0.141 e. The minimum absolute atomic E-state index is 0.364. The maximum Gasteiger partial charge on any atom is 0.141 e. The Bertz CT molecular complexity index is 622. The molecule has 1 aromatic carbocycles. The molecule has 1 aromatic heterocycles. The van der Waals surface area contributed by atoms with Crippen molar-refractivity contribution in [3.8, 4) is 0 Å². The average Bonchev–Trinajstić information content (AvgIpc) is 2.98. The molecule has 1 fully saturated rings. The molecule has 0 bridgehead atoms. The molecule has 0 saturated carbocycles. The third kappa shape index (κ3) is 4.22. The van der Waals surface area contributed by atoms with Crippen LogP contribution in [0.5, 0.6) is 0 Å². The first kappa shape index (κ1) is 17.1. The Morgan fingerprint density at radius 2 is 1.88 bits per heavy atom. The van der Waals surface area contributed by atoms with Gasteiger partial charge in [0.05, 0.1) is 6.54 Å². The monoisotopic (exact) mass is 327 g/mol. The first-order chi connectivity index (χ1) is 11.6. The number of hydrogen-bond acceptors (Lipinski definition) is 4. The maximum atomic E-state index is 4.46. The molecule has 0 aliphatic carbocycles. The van der Waals surface area contributed by atoms with Crippen LogP contribution in [0.2, 0.25) is 0 Å². The molecule has 1 atom stereocenters. The van der Waals surface area contributed by atoms with Gasteiger partial charge in [0.2, 0.25) is 0 Å². The van der Waals surface area contributed by atoms with E-state index in [9.17, 15) is 0 Å². The minimum atomic E-state index is 0.364. The highest BCUT2D eigenvalue weighted by Crippen LogP contribution is 2.16. The van der Waals surface area contributed by atoms with E-state index in [1.807, 2.05) is 4.68 Å². The number of rotatable bonds is 5. The normalized spacial score (nSPS) is 20.4. The van der Waals surface area contributed by atoms with Crippen LogP contribution >= 0.6 is 0 Å². The second-order valence-electron chi connectivity index (χ2n) is 7.08. The maximum absolute atomic E-state index is 4.46. The Balaban J connectivity index is 1.60. The van der Waals surface area contributed by atoms with Crippen LogP contribution in [0.4, 0.5) is 0 Å². The van der Waals surface area contributed by atoms with Crippen molar-refractivity contribution < 1.29 is 0 Å². The van der Waals surface area contributed by atoms with Gasteiger partial charge in [0.25, 0.3) is 0 Å². The lowest BCUT2D eigenvalue weighted by molar-refractivity contribution is 0.204. The largest absolute Gasteiger partial charge is 0.295 e. The van der Waals surface area contributed by atoms with Crippen molar-refractivity contribution >= 4 is 0 Å². The van der Waals surface area contributed by atoms with E-state index in [0.29, 0.717) is 12.1 Å². The summed E-state index contributed by atoms with van der Waals surface area (Å²) in [6, 6.07) is 11.8. The van der Waals surface area contributed by atoms with Gasteiger partial charge in [-0.1, -0.05) is 30.3 Å². The van der Waals surface area contributed by atoms with Crippen molar-refractivity contribution in [3.05, 3.63) is 48.0 Å². The molecule has 5 nitrogen and oxygen atoms in total. The van der Waals surface area contributed by atoms with Gasteiger partial charge < -0.3 is 0 Å². The zero-order valence-electron chi connectivity index (χ0n) is 15.1. The van der Waals surface area contributed by atoms with Gasteiger partial charge in [0.15, 0.2) is 0 Å². The van der Waals surface area contributed by atoms with E-state index >= 15 is 0 Å². The highest BCUT2D eigenvalue weighted by molar-refractivity contribution is 5.14. The van der Waals surface area contributed by atoms with Crippen LogP contribution in [0.15, 0.2) is 36.7 Å². The van der Waals surface area contributed by atoms with Gasteiger partial charge in [0, 0.05) is 38.3 Å². The van der Waals surface area contributed by atoms with Gasteiger partial charge in [-0.2, -0.15) is 5.10 Å². The topological polar surface area (TPSA) is 37.2 Å². The number of aromatic nitrogens is 3. The van der Waals surface area contributed by atoms with Gasteiger partial charge >= 0.3 is 0 Å². The van der Waals surface area contributed by atoms with Gasteiger partial charge in [-0.3, -0.25) is 9.80 Å². The van der Waals surface area contributed by atoms with Crippen LogP contribution in [-0.4, -0.2) is 50.2 Å². The molecule has 2 heterocycles. The van der Waals surface area contributed by atoms with Gasteiger partial charge in [-0.25, -0.2) is 9.67 Å². The van der Waals surface area contributed by atoms with Crippen LogP contribution in [0, 0.1) is 0 Å². The van der Waals surface area contributed by atoms with E-state index in [-0.39, 0.29) is 0 Å². The van der Waals surface area contributed by atoms with Crippen molar-refractivity contribution in [1.29, 1.82) is 0 Å². The molecule has 0 amide bonds. The molecule has 0 radical (unpaired) electrons. The number of benzene rings is 1. The third-order valence-corrected chi connectivity index (χ3v) is 4.92. The fourth-order valence-electron chi connectivity index (χ4n) is 3.38. The molecule has 0 unspecified atom stereocenters. The van der Waals surface area contributed by atoms with E-state index in [0.717, 1.165) is 38.5 Å². The summed E-state index contributed by atoms with van der Waals surface area (Å²) in [4.78, 5) is 9.58. The molecule has 0 spiro atoms. The SMILES string of the molecule is CC(C)n1ncnc1CN1CC[C@@H](C)N(Cc2ccccc2)CC1.